The van der Waals surface area contributed by atoms with Crippen LogP contribution in [-0.2, 0) is 4.79 Å². The van der Waals surface area contributed by atoms with Gasteiger partial charge in [-0.2, -0.15) is 16.9 Å². The molecule has 5 N–H and O–H groups in total. The monoisotopic (exact) mass is 313 g/mol. The van der Waals surface area contributed by atoms with E-state index in [-0.39, 0.29) is 5.69 Å². The maximum absolute atomic E-state index is 11.7. The first kappa shape index (κ1) is 17.3. The van der Waals surface area contributed by atoms with Crippen LogP contribution in [0.3, 0.4) is 0 Å². The highest BCUT2D eigenvalue weighted by atomic mass is 32.2. The molecule has 8 nitrogen and oxygen atoms in total. The third kappa shape index (κ3) is 6.06. The minimum absolute atomic E-state index is 0.0518. The molecule has 21 heavy (non-hydrogen) atoms. The minimum atomic E-state index is -1.38. The van der Waals surface area contributed by atoms with E-state index in [0.717, 1.165) is 11.5 Å². The molecule has 0 saturated heterocycles. The summed E-state index contributed by atoms with van der Waals surface area (Å²) in [6.07, 6.45) is 0.544. The van der Waals surface area contributed by atoms with E-state index in [0.29, 0.717) is 6.42 Å². The Hall–Kier alpha value is -1.71. The highest BCUT2D eigenvalue weighted by Crippen LogP contribution is 2.05. The van der Waals surface area contributed by atoms with Gasteiger partial charge in [0.05, 0.1) is 0 Å². The van der Waals surface area contributed by atoms with Gasteiger partial charge in [0, 0.05) is 12.2 Å². The van der Waals surface area contributed by atoms with Gasteiger partial charge in [0.1, 0.15) is 6.10 Å². The smallest absolute Gasteiger partial charge is 0.290 e. The molecule has 0 aromatic carbocycles. The standard InChI is InChI=1S/C12H19N5O3S/c1-2-21-7-5-8(13)10(18)12(20)17-16-11(19)9-4-3-6-14-15-9/h3-4,6,8,10,18H,2,5,7,13H2,1H3,(H,16,19)(H,17,20)/t8-,10?/m1/s1. The number of nitrogens with two attached hydrogens (primary N) is 1. The zero-order valence-electron chi connectivity index (χ0n) is 11.7. The number of rotatable bonds is 7. The quantitative estimate of drug-likeness (QED) is 0.378. The average Bonchev–Trinajstić information content (AvgIpc) is 2.52. The Morgan fingerprint density at radius 3 is 2.86 bits per heavy atom. The molecule has 0 saturated carbocycles. The van der Waals surface area contributed by atoms with Crippen molar-refractivity contribution in [3.8, 4) is 0 Å². The zero-order chi connectivity index (χ0) is 15.7. The SMILES string of the molecule is CCSCC[C@@H](N)C(O)C(=O)NNC(=O)c1cccnn1. The van der Waals surface area contributed by atoms with Crippen molar-refractivity contribution in [1.29, 1.82) is 0 Å². The number of nitrogens with zero attached hydrogens (tertiary/aromatic N) is 2. The molecule has 0 aliphatic rings. The summed E-state index contributed by atoms with van der Waals surface area (Å²) in [7, 11) is 0. The first-order valence-electron chi connectivity index (χ1n) is 6.45. The average molecular weight is 313 g/mol. The van der Waals surface area contributed by atoms with Crippen molar-refractivity contribution in [2.45, 2.75) is 25.5 Å². The summed E-state index contributed by atoms with van der Waals surface area (Å²) >= 11 is 1.67. The van der Waals surface area contributed by atoms with Crippen LogP contribution in [0.25, 0.3) is 0 Å². The predicted octanol–water partition coefficient (Wildman–Crippen LogP) is -0.931. The normalized spacial score (nSPS) is 13.3. The van der Waals surface area contributed by atoms with Crippen LogP contribution in [0.4, 0.5) is 0 Å². The van der Waals surface area contributed by atoms with Crippen molar-refractivity contribution in [1.82, 2.24) is 21.0 Å². The Bertz CT molecular complexity index is 459. The molecule has 9 heteroatoms. The number of amides is 2. The van der Waals surface area contributed by atoms with E-state index in [4.69, 9.17) is 5.73 Å². The van der Waals surface area contributed by atoms with Gasteiger partial charge >= 0.3 is 0 Å². The molecule has 1 heterocycles. The van der Waals surface area contributed by atoms with Gasteiger partial charge in [-0.15, -0.1) is 5.10 Å². The molecular formula is C12H19N5O3S. The van der Waals surface area contributed by atoms with Crippen molar-refractivity contribution in [3.63, 3.8) is 0 Å². The number of thioether (sulfide) groups is 1. The fraction of sp³-hybridized carbons (Fsp3) is 0.500. The van der Waals surface area contributed by atoms with Crippen molar-refractivity contribution in [2.24, 2.45) is 5.73 Å². The number of nitrogens with one attached hydrogen (secondary N) is 2. The van der Waals surface area contributed by atoms with Crippen LogP contribution in [0.15, 0.2) is 18.3 Å². The summed E-state index contributed by atoms with van der Waals surface area (Å²) in [6, 6.07) is 2.30. The second kappa shape index (κ2) is 9.27. The van der Waals surface area contributed by atoms with Gasteiger partial charge in [-0.1, -0.05) is 6.92 Å². The van der Waals surface area contributed by atoms with Crippen LogP contribution in [-0.4, -0.2) is 50.8 Å². The summed E-state index contributed by atoms with van der Waals surface area (Å²) in [5.41, 5.74) is 10.0. The van der Waals surface area contributed by atoms with Crippen LogP contribution >= 0.6 is 11.8 Å². The molecule has 0 fully saturated rings. The van der Waals surface area contributed by atoms with Crippen LogP contribution in [0.5, 0.6) is 0 Å². The maximum Gasteiger partial charge on any atom is 0.290 e. The summed E-state index contributed by atoms with van der Waals surface area (Å²) in [6.45, 7) is 2.02. The second-order valence-corrected chi connectivity index (χ2v) is 5.54. The summed E-state index contributed by atoms with van der Waals surface area (Å²) < 4.78 is 0. The van der Waals surface area contributed by atoms with Crippen molar-refractivity contribution in [3.05, 3.63) is 24.0 Å². The molecule has 1 aromatic heterocycles. The van der Waals surface area contributed by atoms with Crippen LogP contribution in [0.2, 0.25) is 0 Å². The Kier molecular flexibility index (Phi) is 7.65. The lowest BCUT2D eigenvalue weighted by molar-refractivity contribution is -0.131. The van der Waals surface area contributed by atoms with Gasteiger partial charge in [-0.05, 0) is 30.1 Å². The van der Waals surface area contributed by atoms with Crippen LogP contribution in [0, 0.1) is 0 Å². The fourth-order valence-corrected chi connectivity index (χ4v) is 2.12. The number of aliphatic hydroxyl groups excluding tert-OH is 1. The summed E-state index contributed by atoms with van der Waals surface area (Å²) in [5.74, 6) is 0.317. The lowest BCUT2D eigenvalue weighted by atomic mass is 10.1. The number of hydrogen-bond donors (Lipinski definition) is 4. The first-order valence-corrected chi connectivity index (χ1v) is 7.61. The van der Waals surface area contributed by atoms with E-state index >= 15 is 0 Å². The minimum Gasteiger partial charge on any atom is -0.382 e. The van der Waals surface area contributed by atoms with Gasteiger partial charge in [0.25, 0.3) is 11.8 Å². The number of aliphatic hydroxyl groups is 1. The Labute approximate surface area is 126 Å². The van der Waals surface area contributed by atoms with Gasteiger partial charge in [-0.3, -0.25) is 20.4 Å². The van der Waals surface area contributed by atoms with Crippen LogP contribution < -0.4 is 16.6 Å². The topological polar surface area (TPSA) is 130 Å². The largest absolute Gasteiger partial charge is 0.382 e. The molecule has 2 atom stereocenters. The summed E-state index contributed by atoms with van der Waals surface area (Å²) in [5, 5.41) is 16.9. The molecule has 2 amide bonds. The Balaban J connectivity index is 2.37. The number of hydrogen-bond acceptors (Lipinski definition) is 7. The molecule has 0 aliphatic carbocycles. The Morgan fingerprint density at radius 1 is 1.48 bits per heavy atom. The molecule has 0 aliphatic heterocycles. The number of aromatic nitrogens is 2. The zero-order valence-corrected chi connectivity index (χ0v) is 12.5. The van der Waals surface area contributed by atoms with Gasteiger partial charge < -0.3 is 10.8 Å². The molecule has 0 bridgehead atoms. The third-order valence-electron chi connectivity index (χ3n) is 2.58. The van der Waals surface area contributed by atoms with E-state index in [1.165, 1.54) is 12.3 Å². The molecular weight excluding hydrogens is 294 g/mol. The van der Waals surface area contributed by atoms with Gasteiger partial charge in [-0.25, -0.2) is 0 Å². The lowest BCUT2D eigenvalue weighted by Crippen LogP contribution is -2.52. The van der Waals surface area contributed by atoms with Crippen LogP contribution in [0.1, 0.15) is 23.8 Å². The van der Waals surface area contributed by atoms with E-state index in [2.05, 4.69) is 21.0 Å². The predicted molar refractivity (Wildman–Crippen MR) is 79.2 cm³/mol. The molecule has 0 spiro atoms. The molecule has 0 radical (unpaired) electrons. The third-order valence-corrected chi connectivity index (χ3v) is 3.51. The van der Waals surface area contributed by atoms with Crippen molar-refractivity contribution >= 4 is 23.6 Å². The fourth-order valence-electron chi connectivity index (χ4n) is 1.40. The van der Waals surface area contributed by atoms with E-state index < -0.39 is 24.0 Å². The number of hydrazine groups is 1. The number of carbonyl (C=O) groups excluding carboxylic acids is 2. The molecule has 116 valence electrons. The van der Waals surface area contributed by atoms with Gasteiger partial charge in [0.15, 0.2) is 5.69 Å². The number of carbonyl (C=O) groups is 2. The van der Waals surface area contributed by atoms with E-state index in [9.17, 15) is 14.7 Å². The Morgan fingerprint density at radius 2 is 2.24 bits per heavy atom. The van der Waals surface area contributed by atoms with E-state index in [1.54, 1.807) is 17.8 Å². The van der Waals surface area contributed by atoms with Crippen molar-refractivity contribution < 1.29 is 14.7 Å². The second-order valence-electron chi connectivity index (χ2n) is 4.15. The highest BCUT2D eigenvalue weighted by Gasteiger charge is 2.23. The highest BCUT2D eigenvalue weighted by molar-refractivity contribution is 7.99. The van der Waals surface area contributed by atoms with Crippen molar-refractivity contribution in [2.75, 3.05) is 11.5 Å². The molecule has 1 unspecified atom stereocenters. The lowest BCUT2D eigenvalue weighted by Gasteiger charge is -2.18. The summed E-state index contributed by atoms with van der Waals surface area (Å²) in [4.78, 5) is 23.3. The van der Waals surface area contributed by atoms with E-state index in [1.807, 2.05) is 6.92 Å². The molecule has 1 aromatic rings. The maximum atomic E-state index is 11.7. The van der Waals surface area contributed by atoms with Gasteiger partial charge in [0.2, 0.25) is 0 Å². The molecule has 1 rings (SSSR count). The first-order chi connectivity index (χ1) is 10.1.